The second kappa shape index (κ2) is 11.6. The number of benzene rings is 1. The van der Waals surface area contributed by atoms with E-state index in [-0.39, 0.29) is 16.7 Å². The van der Waals surface area contributed by atoms with Crippen LogP contribution in [-0.4, -0.2) is 34.4 Å². The number of amides is 1. The van der Waals surface area contributed by atoms with E-state index in [0.29, 0.717) is 25.1 Å². The van der Waals surface area contributed by atoms with Crippen LogP contribution in [0, 0.1) is 0 Å². The number of carbonyl (C=O) groups is 2. The maximum atomic E-state index is 12.9. The van der Waals surface area contributed by atoms with Gasteiger partial charge in [0.15, 0.2) is 11.5 Å². The van der Waals surface area contributed by atoms with Crippen molar-refractivity contribution >= 4 is 20.2 Å². The molecule has 1 N–H and O–H groups in total. The smallest absolute Gasteiger partial charge is 0.372 e. The summed E-state index contributed by atoms with van der Waals surface area (Å²) < 4.78 is 16.0. The molecule has 0 atom stereocenters. The molecule has 30 heavy (non-hydrogen) atoms. The Morgan fingerprint density at radius 3 is 2.03 bits per heavy atom. The van der Waals surface area contributed by atoms with Gasteiger partial charge in [-0.15, -0.1) is 0 Å². The summed E-state index contributed by atoms with van der Waals surface area (Å²) in [6, 6.07) is 9.73. The average molecular weight is 434 g/mol. The van der Waals surface area contributed by atoms with Gasteiger partial charge < -0.3 is 19.2 Å². The molecular weight excluding hydrogens is 398 g/mol. The normalized spacial score (nSPS) is 12.9. The first-order chi connectivity index (χ1) is 14.0. The number of hydrogen-bond donors (Lipinski definition) is 1. The van der Waals surface area contributed by atoms with Gasteiger partial charge in [-0.3, -0.25) is 4.79 Å². The SMILES string of the molecule is COC(=O)/C(=C/CC/C=C(/O[Si](C)(C)C(C)(C)C)C(=O)NCc1ccccc1)OC. The molecule has 0 aliphatic carbocycles. The van der Waals surface area contributed by atoms with Crippen LogP contribution in [0.5, 0.6) is 0 Å². The Balaban J connectivity index is 2.93. The molecule has 1 rings (SSSR count). The third-order valence-electron chi connectivity index (χ3n) is 5.12. The third kappa shape index (κ3) is 8.06. The van der Waals surface area contributed by atoms with Gasteiger partial charge in [0.05, 0.1) is 14.2 Å². The van der Waals surface area contributed by atoms with Gasteiger partial charge in [0.25, 0.3) is 14.2 Å². The highest BCUT2D eigenvalue weighted by Gasteiger charge is 2.40. The second-order valence-electron chi connectivity index (χ2n) is 8.44. The quantitative estimate of drug-likeness (QED) is 0.190. The van der Waals surface area contributed by atoms with E-state index >= 15 is 0 Å². The molecule has 0 aliphatic heterocycles. The number of rotatable bonds is 10. The zero-order chi connectivity index (χ0) is 22.8. The Hall–Kier alpha value is -2.54. The summed E-state index contributed by atoms with van der Waals surface area (Å²) in [7, 11) is 0.526. The van der Waals surface area contributed by atoms with Crippen LogP contribution >= 0.6 is 0 Å². The van der Waals surface area contributed by atoms with Crippen molar-refractivity contribution in [3.05, 3.63) is 59.6 Å². The standard InChI is InChI=1S/C23H35NO5Si/c1-23(2,3)30(6,7)29-19(15-11-12-16-20(27-4)22(26)28-5)21(25)24-17-18-13-9-8-10-14-18/h8-10,13-16H,11-12,17H2,1-7H3,(H,24,25)/b19-15+,20-16-. The number of esters is 1. The van der Waals surface area contributed by atoms with E-state index in [1.165, 1.54) is 14.2 Å². The molecule has 1 aromatic rings. The molecule has 0 aromatic heterocycles. The predicted octanol–water partition coefficient (Wildman–Crippen LogP) is 4.69. The molecule has 166 valence electrons. The Kier molecular flexibility index (Phi) is 9.85. The lowest BCUT2D eigenvalue weighted by molar-refractivity contribution is -0.139. The molecule has 0 unspecified atom stereocenters. The van der Waals surface area contributed by atoms with Gasteiger partial charge >= 0.3 is 5.97 Å². The number of ether oxygens (including phenoxy) is 2. The van der Waals surface area contributed by atoms with Crippen LogP contribution in [0.15, 0.2) is 54.0 Å². The summed E-state index contributed by atoms with van der Waals surface area (Å²) in [5, 5.41) is 2.90. The highest BCUT2D eigenvalue weighted by Crippen LogP contribution is 2.38. The van der Waals surface area contributed by atoms with E-state index in [4.69, 9.17) is 9.16 Å². The van der Waals surface area contributed by atoms with Crippen molar-refractivity contribution in [3.8, 4) is 0 Å². The molecule has 0 fully saturated rings. The van der Waals surface area contributed by atoms with Crippen LogP contribution in [0.3, 0.4) is 0 Å². The number of nitrogens with one attached hydrogen (secondary N) is 1. The second-order valence-corrected chi connectivity index (χ2v) is 13.2. The zero-order valence-corrected chi connectivity index (χ0v) is 20.2. The third-order valence-corrected chi connectivity index (χ3v) is 9.47. The fourth-order valence-corrected chi connectivity index (χ4v) is 3.29. The lowest BCUT2D eigenvalue weighted by atomic mass is 10.2. The minimum Gasteiger partial charge on any atom is -0.540 e. The van der Waals surface area contributed by atoms with Crippen molar-refractivity contribution in [1.29, 1.82) is 0 Å². The van der Waals surface area contributed by atoms with Crippen molar-refractivity contribution in [2.45, 2.75) is 58.3 Å². The highest BCUT2D eigenvalue weighted by molar-refractivity contribution is 6.74. The molecule has 0 saturated heterocycles. The highest BCUT2D eigenvalue weighted by atomic mass is 28.4. The summed E-state index contributed by atoms with van der Waals surface area (Å²) in [4.78, 5) is 24.4. The molecule has 1 aromatic carbocycles. The Morgan fingerprint density at radius 1 is 0.967 bits per heavy atom. The van der Waals surface area contributed by atoms with Crippen molar-refractivity contribution in [3.63, 3.8) is 0 Å². The van der Waals surface area contributed by atoms with Crippen LogP contribution in [0.2, 0.25) is 18.1 Å². The van der Waals surface area contributed by atoms with Crippen LogP contribution in [0.1, 0.15) is 39.2 Å². The van der Waals surface area contributed by atoms with E-state index in [1.54, 1.807) is 12.2 Å². The Bertz CT molecular complexity index is 764. The largest absolute Gasteiger partial charge is 0.540 e. The number of unbranched alkanes of at least 4 members (excludes halogenated alkanes) is 1. The fraction of sp³-hybridized carbons (Fsp3) is 0.478. The minimum absolute atomic E-state index is 0.0419. The van der Waals surface area contributed by atoms with E-state index in [2.05, 4.69) is 43.9 Å². The number of carbonyl (C=O) groups excluding carboxylic acids is 2. The molecule has 0 aliphatic rings. The fourth-order valence-electron chi connectivity index (χ4n) is 2.25. The van der Waals surface area contributed by atoms with Gasteiger partial charge in [-0.1, -0.05) is 51.1 Å². The number of methoxy groups -OCH3 is 2. The van der Waals surface area contributed by atoms with E-state index in [0.717, 1.165) is 5.56 Å². The summed E-state index contributed by atoms with van der Waals surface area (Å²) in [6.45, 7) is 11.0. The zero-order valence-electron chi connectivity index (χ0n) is 19.2. The summed E-state index contributed by atoms with van der Waals surface area (Å²) in [5.41, 5.74) is 1.02. The van der Waals surface area contributed by atoms with E-state index in [9.17, 15) is 9.59 Å². The van der Waals surface area contributed by atoms with Gasteiger partial charge in [-0.2, -0.15) is 0 Å². The van der Waals surface area contributed by atoms with E-state index in [1.807, 2.05) is 30.3 Å². The first-order valence-electron chi connectivity index (χ1n) is 10.1. The monoisotopic (exact) mass is 433 g/mol. The van der Waals surface area contributed by atoms with Gasteiger partial charge in [-0.25, -0.2) is 4.79 Å². The minimum atomic E-state index is -2.19. The lowest BCUT2D eigenvalue weighted by Gasteiger charge is -2.37. The average Bonchev–Trinajstić information content (AvgIpc) is 2.70. The van der Waals surface area contributed by atoms with Gasteiger partial charge in [0.1, 0.15) is 0 Å². The Labute approximate surface area is 181 Å². The van der Waals surface area contributed by atoms with Crippen molar-refractivity contribution in [2.75, 3.05) is 14.2 Å². The van der Waals surface area contributed by atoms with Crippen molar-refractivity contribution < 1.29 is 23.5 Å². The first-order valence-corrected chi connectivity index (χ1v) is 13.0. The van der Waals surface area contributed by atoms with Gasteiger partial charge in [0, 0.05) is 6.54 Å². The van der Waals surface area contributed by atoms with Crippen molar-refractivity contribution in [2.24, 2.45) is 0 Å². The summed E-state index contributed by atoms with van der Waals surface area (Å²) >= 11 is 0. The predicted molar refractivity (Wildman–Crippen MR) is 121 cm³/mol. The number of allylic oxidation sites excluding steroid dienone is 2. The number of hydrogen-bond acceptors (Lipinski definition) is 5. The Morgan fingerprint density at radius 2 is 1.53 bits per heavy atom. The lowest BCUT2D eigenvalue weighted by Crippen LogP contribution is -2.42. The molecule has 0 radical (unpaired) electrons. The van der Waals surface area contributed by atoms with Crippen LogP contribution in [-0.2, 0) is 30.0 Å². The molecule has 1 amide bonds. The maximum absolute atomic E-state index is 12.9. The van der Waals surface area contributed by atoms with Crippen molar-refractivity contribution in [1.82, 2.24) is 5.32 Å². The molecule has 6 nitrogen and oxygen atoms in total. The topological polar surface area (TPSA) is 73.9 Å². The molecule has 7 heteroatoms. The van der Waals surface area contributed by atoms with Gasteiger partial charge in [0.2, 0.25) is 0 Å². The van der Waals surface area contributed by atoms with Crippen LogP contribution in [0.4, 0.5) is 0 Å². The van der Waals surface area contributed by atoms with E-state index < -0.39 is 14.3 Å². The maximum Gasteiger partial charge on any atom is 0.372 e. The van der Waals surface area contributed by atoms with Gasteiger partial charge in [-0.05, 0) is 48.7 Å². The molecule has 0 saturated carbocycles. The molecule has 0 heterocycles. The molecule has 0 bridgehead atoms. The summed E-state index contributed by atoms with van der Waals surface area (Å²) in [6.07, 6.45) is 4.46. The van der Waals surface area contributed by atoms with Crippen LogP contribution < -0.4 is 5.32 Å². The molecular formula is C23H35NO5Si. The van der Waals surface area contributed by atoms with Crippen LogP contribution in [0.25, 0.3) is 0 Å². The summed E-state index contributed by atoms with van der Waals surface area (Å²) in [5.74, 6) is -0.304. The first kappa shape index (κ1) is 25.5. The molecule has 0 spiro atoms.